The highest BCUT2D eigenvalue weighted by Crippen LogP contribution is 1.86. The Bertz CT molecular complexity index is 141. The zero-order valence-electron chi connectivity index (χ0n) is 8.59. The summed E-state index contributed by atoms with van der Waals surface area (Å²) in [4.78, 5) is 13.1. The van der Waals surface area contributed by atoms with Crippen molar-refractivity contribution in [2.75, 3.05) is 45.7 Å². The van der Waals surface area contributed by atoms with Crippen molar-refractivity contribution in [2.45, 2.75) is 0 Å². The fraction of sp³-hybridized carbons (Fsp3) is 0.875. The van der Waals surface area contributed by atoms with Crippen molar-refractivity contribution in [1.82, 2.24) is 15.5 Å². The summed E-state index contributed by atoms with van der Waals surface area (Å²) in [6, 6.07) is -0.0732. The van der Waals surface area contributed by atoms with E-state index in [1.807, 2.05) is 25.3 Å². The van der Waals surface area contributed by atoms with Crippen molar-refractivity contribution in [2.24, 2.45) is 0 Å². The topological polar surface area (TPSA) is 44.4 Å². The summed E-state index contributed by atoms with van der Waals surface area (Å²) in [6.45, 7) is 2.29. The van der Waals surface area contributed by atoms with Gasteiger partial charge in [-0.15, -0.1) is 0 Å². The van der Waals surface area contributed by atoms with Gasteiger partial charge < -0.3 is 15.5 Å². The smallest absolute Gasteiger partial charge is 0.314 e. The number of hydrogen-bond donors (Lipinski definition) is 2. The van der Waals surface area contributed by atoms with Crippen LogP contribution in [0.15, 0.2) is 0 Å². The molecule has 0 unspecified atom stereocenters. The second-order valence-corrected chi connectivity index (χ2v) is 3.96. The molecule has 0 aliphatic carbocycles. The van der Waals surface area contributed by atoms with E-state index in [1.54, 1.807) is 11.8 Å². The molecule has 0 heterocycles. The molecule has 4 nitrogen and oxygen atoms in total. The van der Waals surface area contributed by atoms with Crippen LogP contribution in [-0.4, -0.2) is 56.7 Å². The Hall–Kier alpha value is -0.420. The number of amides is 2. The number of rotatable bonds is 6. The molecule has 13 heavy (non-hydrogen) atoms. The van der Waals surface area contributed by atoms with E-state index in [9.17, 15) is 4.79 Å². The number of hydrogen-bond acceptors (Lipinski definition) is 3. The predicted octanol–water partition coefficient (Wildman–Crippen LogP) is 0.210. The fourth-order valence-electron chi connectivity index (χ4n) is 0.722. The van der Waals surface area contributed by atoms with Crippen LogP contribution in [0.4, 0.5) is 4.79 Å². The number of nitrogens with zero attached hydrogens (tertiary/aromatic N) is 1. The highest BCUT2D eigenvalue weighted by atomic mass is 32.2. The van der Waals surface area contributed by atoms with E-state index in [0.717, 1.165) is 18.8 Å². The standard InChI is InChI=1S/C8H19N3OS/c1-11(2)6-4-9-8(12)10-5-7-13-3/h4-7H2,1-3H3,(H2,9,10,12). The maximum absolute atomic E-state index is 11.0. The van der Waals surface area contributed by atoms with Crippen molar-refractivity contribution < 1.29 is 4.79 Å². The average molecular weight is 205 g/mol. The minimum atomic E-state index is -0.0732. The van der Waals surface area contributed by atoms with Crippen LogP contribution < -0.4 is 10.6 Å². The molecule has 0 saturated carbocycles. The summed E-state index contributed by atoms with van der Waals surface area (Å²) in [7, 11) is 3.96. The van der Waals surface area contributed by atoms with Crippen LogP contribution >= 0.6 is 11.8 Å². The van der Waals surface area contributed by atoms with Gasteiger partial charge in [0.2, 0.25) is 0 Å². The van der Waals surface area contributed by atoms with E-state index < -0.39 is 0 Å². The third-order valence-electron chi connectivity index (χ3n) is 1.44. The summed E-state index contributed by atoms with van der Waals surface area (Å²) in [6.07, 6.45) is 2.02. The quantitative estimate of drug-likeness (QED) is 0.609. The van der Waals surface area contributed by atoms with Gasteiger partial charge in [0.05, 0.1) is 0 Å². The van der Waals surface area contributed by atoms with Gasteiger partial charge in [-0.2, -0.15) is 11.8 Å². The van der Waals surface area contributed by atoms with Crippen molar-refractivity contribution >= 4 is 17.8 Å². The highest BCUT2D eigenvalue weighted by Gasteiger charge is 1.97. The molecule has 0 fully saturated rings. The Morgan fingerprint density at radius 3 is 2.46 bits per heavy atom. The second-order valence-electron chi connectivity index (χ2n) is 2.98. The number of carbonyl (C=O) groups excluding carboxylic acids is 1. The lowest BCUT2D eigenvalue weighted by Crippen LogP contribution is -2.39. The molecule has 0 aromatic heterocycles. The van der Waals surface area contributed by atoms with Gasteiger partial charge in [-0.05, 0) is 20.4 Å². The number of likely N-dealkylation sites (N-methyl/N-ethyl adjacent to an activating group) is 1. The van der Waals surface area contributed by atoms with Crippen molar-refractivity contribution in [3.8, 4) is 0 Å². The number of urea groups is 1. The molecule has 0 saturated heterocycles. The van der Waals surface area contributed by atoms with Gasteiger partial charge in [0, 0.05) is 25.4 Å². The van der Waals surface area contributed by atoms with E-state index in [2.05, 4.69) is 10.6 Å². The first-order valence-electron chi connectivity index (χ1n) is 4.32. The van der Waals surface area contributed by atoms with Crippen molar-refractivity contribution in [1.29, 1.82) is 0 Å². The third-order valence-corrected chi connectivity index (χ3v) is 2.05. The second kappa shape index (κ2) is 8.19. The highest BCUT2D eigenvalue weighted by molar-refractivity contribution is 7.98. The first-order valence-corrected chi connectivity index (χ1v) is 5.71. The van der Waals surface area contributed by atoms with Crippen LogP contribution in [0.2, 0.25) is 0 Å². The summed E-state index contributed by atoms with van der Waals surface area (Å²) < 4.78 is 0. The van der Waals surface area contributed by atoms with E-state index >= 15 is 0 Å². The summed E-state index contributed by atoms with van der Waals surface area (Å²) in [5.41, 5.74) is 0. The molecule has 0 atom stereocenters. The van der Waals surface area contributed by atoms with Gasteiger partial charge in [-0.1, -0.05) is 0 Å². The minimum Gasteiger partial charge on any atom is -0.337 e. The van der Waals surface area contributed by atoms with Gasteiger partial charge >= 0.3 is 6.03 Å². The van der Waals surface area contributed by atoms with Crippen molar-refractivity contribution in [3.63, 3.8) is 0 Å². The largest absolute Gasteiger partial charge is 0.337 e. The summed E-state index contributed by atoms with van der Waals surface area (Å²) >= 11 is 1.72. The SMILES string of the molecule is CSCCNC(=O)NCCN(C)C. The molecule has 0 rings (SSSR count). The molecule has 0 aromatic carbocycles. The van der Waals surface area contributed by atoms with Gasteiger partial charge in [0.15, 0.2) is 0 Å². The molecule has 0 aromatic rings. The molecule has 0 bridgehead atoms. The Labute approximate surface area is 84.4 Å². The molecule has 2 N–H and O–H groups in total. The van der Waals surface area contributed by atoms with Crippen molar-refractivity contribution in [3.05, 3.63) is 0 Å². The van der Waals surface area contributed by atoms with Crippen LogP contribution in [0.25, 0.3) is 0 Å². The fourth-order valence-corrected chi connectivity index (χ4v) is 1.03. The van der Waals surface area contributed by atoms with Gasteiger partial charge in [-0.3, -0.25) is 0 Å². The first kappa shape index (κ1) is 12.6. The minimum absolute atomic E-state index is 0.0732. The van der Waals surface area contributed by atoms with E-state index in [1.165, 1.54) is 0 Å². The van der Waals surface area contributed by atoms with Crippen LogP contribution in [0.5, 0.6) is 0 Å². The van der Waals surface area contributed by atoms with Crippen LogP contribution in [0, 0.1) is 0 Å². The molecular weight excluding hydrogens is 186 g/mol. The number of nitrogens with one attached hydrogen (secondary N) is 2. The molecule has 78 valence electrons. The van der Waals surface area contributed by atoms with Crippen LogP contribution in [-0.2, 0) is 0 Å². The zero-order chi connectivity index (χ0) is 10.1. The lowest BCUT2D eigenvalue weighted by atomic mass is 10.6. The Morgan fingerprint density at radius 2 is 1.92 bits per heavy atom. The van der Waals surface area contributed by atoms with Crippen LogP contribution in [0.3, 0.4) is 0 Å². The number of thioether (sulfide) groups is 1. The van der Waals surface area contributed by atoms with E-state index in [4.69, 9.17) is 0 Å². The maximum Gasteiger partial charge on any atom is 0.314 e. The van der Waals surface area contributed by atoms with Crippen LogP contribution in [0.1, 0.15) is 0 Å². The van der Waals surface area contributed by atoms with Gasteiger partial charge in [0.25, 0.3) is 0 Å². The normalized spacial score (nSPS) is 10.2. The Morgan fingerprint density at radius 1 is 1.31 bits per heavy atom. The molecule has 5 heteroatoms. The average Bonchev–Trinajstić information content (AvgIpc) is 2.04. The molecule has 2 amide bonds. The molecule has 0 aliphatic rings. The molecule has 0 radical (unpaired) electrons. The molecular formula is C8H19N3OS. The Kier molecular flexibility index (Phi) is 7.93. The van der Waals surface area contributed by atoms with E-state index in [-0.39, 0.29) is 6.03 Å². The lowest BCUT2D eigenvalue weighted by molar-refractivity contribution is 0.240. The Balaban J connectivity index is 3.20. The summed E-state index contributed by atoms with van der Waals surface area (Å²) in [5.74, 6) is 0.959. The van der Waals surface area contributed by atoms with Gasteiger partial charge in [0.1, 0.15) is 0 Å². The monoisotopic (exact) mass is 205 g/mol. The maximum atomic E-state index is 11.0. The molecule has 0 aliphatic heterocycles. The third kappa shape index (κ3) is 9.49. The van der Waals surface area contributed by atoms with E-state index in [0.29, 0.717) is 6.54 Å². The molecule has 0 spiro atoms. The number of carbonyl (C=O) groups is 1. The summed E-state index contributed by atoms with van der Waals surface area (Å²) in [5, 5.41) is 5.54. The van der Waals surface area contributed by atoms with Gasteiger partial charge in [-0.25, -0.2) is 4.79 Å². The predicted molar refractivity (Wildman–Crippen MR) is 58.3 cm³/mol. The lowest BCUT2D eigenvalue weighted by Gasteiger charge is -2.10. The zero-order valence-corrected chi connectivity index (χ0v) is 9.41. The first-order chi connectivity index (χ1) is 6.16.